The zero-order chi connectivity index (χ0) is 16.8. The summed E-state index contributed by atoms with van der Waals surface area (Å²) < 4.78 is 5.78. The quantitative estimate of drug-likeness (QED) is 0.884. The van der Waals surface area contributed by atoms with Crippen LogP contribution < -0.4 is 4.74 Å². The fraction of sp³-hybridized carbons (Fsp3) is 0.450. The molecule has 4 heteroatoms. The minimum Gasteiger partial charge on any atom is -0.487 e. The Kier molecular flexibility index (Phi) is 5.83. The molecule has 2 aromatic rings. The predicted octanol–water partition coefficient (Wildman–Crippen LogP) is 3.40. The molecule has 0 amide bonds. The number of nitrogens with zero attached hydrogens (tertiary/aromatic N) is 2. The van der Waals surface area contributed by atoms with Crippen LogP contribution in [0.4, 0.5) is 0 Å². The Morgan fingerprint density at radius 3 is 2.71 bits per heavy atom. The van der Waals surface area contributed by atoms with Crippen LogP contribution in [-0.4, -0.2) is 33.7 Å². The van der Waals surface area contributed by atoms with E-state index >= 15 is 0 Å². The van der Waals surface area contributed by atoms with E-state index < -0.39 is 0 Å². The molecule has 0 aliphatic carbocycles. The molecule has 0 radical (unpaired) electrons. The predicted molar refractivity (Wildman–Crippen MR) is 94.7 cm³/mol. The van der Waals surface area contributed by atoms with Gasteiger partial charge in [-0.2, -0.15) is 0 Å². The van der Waals surface area contributed by atoms with E-state index in [1.807, 2.05) is 30.3 Å². The first kappa shape index (κ1) is 16.9. The third kappa shape index (κ3) is 4.34. The van der Waals surface area contributed by atoms with Crippen LogP contribution in [-0.2, 0) is 13.2 Å². The zero-order valence-electron chi connectivity index (χ0n) is 14.3. The second kappa shape index (κ2) is 8.27. The van der Waals surface area contributed by atoms with E-state index in [1.54, 1.807) is 6.20 Å². The summed E-state index contributed by atoms with van der Waals surface area (Å²) in [5.41, 5.74) is 2.18. The fourth-order valence-electron chi connectivity index (χ4n) is 3.36. The second-order valence-corrected chi connectivity index (χ2v) is 6.54. The van der Waals surface area contributed by atoms with Gasteiger partial charge in [0.2, 0.25) is 0 Å². The molecule has 0 spiro atoms. The van der Waals surface area contributed by atoms with Crippen LogP contribution >= 0.6 is 0 Å². The SMILES string of the molecule is CC1CCCC(CO)N1Cc1ccc(OCc2ccccn2)cc1. The number of piperidine rings is 1. The lowest BCUT2D eigenvalue weighted by molar-refractivity contribution is 0.0452. The van der Waals surface area contributed by atoms with Crippen molar-refractivity contribution in [3.8, 4) is 5.75 Å². The number of rotatable bonds is 6. The zero-order valence-corrected chi connectivity index (χ0v) is 14.3. The summed E-state index contributed by atoms with van der Waals surface area (Å²) in [7, 11) is 0. The average molecular weight is 326 g/mol. The molecule has 1 N–H and O–H groups in total. The van der Waals surface area contributed by atoms with Crippen molar-refractivity contribution >= 4 is 0 Å². The van der Waals surface area contributed by atoms with Crippen LogP contribution in [0.5, 0.6) is 5.75 Å². The highest BCUT2D eigenvalue weighted by molar-refractivity contribution is 5.27. The lowest BCUT2D eigenvalue weighted by Gasteiger charge is -2.40. The molecule has 2 unspecified atom stereocenters. The van der Waals surface area contributed by atoms with Gasteiger partial charge in [0.25, 0.3) is 0 Å². The molecule has 1 saturated heterocycles. The minimum atomic E-state index is 0.246. The van der Waals surface area contributed by atoms with Crippen molar-refractivity contribution in [2.75, 3.05) is 6.61 Å². The Balaban J connectivity index is 1.57. The summed E-state index contributed by atoms with van der Waals surface area (Å²) in [6, 6.07) is 14.9. The Bertz CT molecular complexity index is 615. The van der Waals surface area contributed by atoms with Crippen molar-refractivity contribution in [1.29, 1.82) is 0 Å². The highest BCUT2D eigenvalue weighted by Gasteiger charge is 2.27. The summed E-state index contributed by atoms with van der Waals surface area (Å²) in [5.74, 6) is 0.856. The lowest BCUT2D eigenvalue weighted by atomic mass is 9.96. The average Bonchev–Trinajstić information content (AvgIpc) is 2.63. The van der Waals surface area contributed by atoms with E-state index in [1.165, 1.54) is 18.4 Å². The van der Waals surface area contributed by atoms with E-state index in [9.17, 15) is 5.11 Å². The van der Waals surface area contributed by atoms with Gasteiger partial charge in [-0.3, -0.25) is 9.88 Å². The number of pyridine rings is 1. The molecular weight excluding hydrogens is 300 g/mol. The first-order valence-electron chi connectivity index (χ1n) is 8.74. The number of hydrogen-bond donors (Lipinski definition) is 1. The summed E-state index contributed by atoms with van der Waals surface area (Å²) in [6.45, 7) is 3.87. The molecule has 2 atom stereocenters. The molecular formula is C20H26N2O2. The Hall–Kier alpha value is -1.91. The first-order valence-corrected chi connectivity index (χ1v) is 8.74. The van der Waals surface area contributed by atoms with Gasteiger partial charge in [-0.05, 0) is 49.6 Å². The van der Waals surface area contributed by atoms with E-state index in [0.29, 0.717) is 12.6 Å². The number of ether oxygens (including phenoxy) is 1. The third-order valence-corrected chi connectivity index (χ3v) is 4.81. The largest absolute Gasteiger partial charge is 0.487 e. The normalized spacial score (nSPS) is 21.6. The summed E-state index contributed by atoms with van der Waals surface area (Å²) >= 11 is 0. The van der Waals surface area contributed by atoms with Crippen molar-refractivity contribution in [3.05, 3.63) is 59.9 Å². The van der Waals surface area contributed by atoms with Crippen LogP contribution in [0.15, 0.2) is 48.7 Å². The van der Waals surface area contributed by atoms with Gasteiger partial charge in [-0.15, -0.1) is 0 Å². The fourth-order valence-corrected chi connectivity index (χ4v) is 3.36. The van der Waals surface area contributed by atoms with Crippen molar-refractivity contribution in [2.45, 2.75) is 51.4 Å². The highest BCUT2D eigenvalue weighted by Crippen LogP contribution is 2.25. The number of likely N-dealkylation sites (tertiary alicyclic amines) is 1. The maximum absolute atomic E-state index is 9.61. The van der Waals surface area contributed by atoms with E-state index in [4.69, 9.17) is 4.74 Å². The first-order chi connectivity index (χ1) is 11.8. The standard InChI is InChI=1S/C20H26N2O2/c1-16-5-4-7-19(14-23)22(16)13-17-8-10-20(11-9-17)24-15-18-6-2-3-12-21-18/h2-3,6,8-12,16,19,23H,4-5,7,13-15H2,1H3. The number of hydrogen-bond acceptors (Lipinski definition) is 4. The lowest BCUT2D eigenvalue weighted by Crippen LogP contribution is -2.46. The number of benzene rings is 1. The second-order valence-electron chi connectivity index (χ2n) is 6.54. The van der Waals surface area contributed by atoms with E-state index in [2.05, 4.69) is 28.9 Å². The number of aromatic nitrogens is 1. The number of aliphatic hydroxyl groups excluding tert-OH is 1. The molecule has 1 aliphatic rings. The smallest absolute Gasteiger partial charge is 0.130 e. The maximum atomic E-state index is 9.61. The summed E-state index contributed by atoms with van der Waals surface area (Å²) in [4.78, 5) is 6.68. The molecule has 1 aliphatic heterocycles. The van der Waals surface area contributed by atoms with Crippen LogP contribution in [0.25, 0.3) is 0 Å². The molecule has 2 heterocycles. The topological polar surface area (TPSA) is 45.6 Å². The van der Waals surface area contributed by atoms with Crippen LogP contribution in [0, 0.1) is 0 Å². The molecule has 128 valence electrons. The molecule has 1 aromatic carbocycles. The summed E-state index contributed by atoms with van der Waals surface area (Å²) in [6.07, 6.45) is 5.29. The van der Waals surface area contributed by atoms with Crippen LogP contribution in [0.1, 0.15) is 37.4 Å². The highest BCUT2D eigenvalue weighted by atomic mass is 16.5. The molecule has 4 nitrogen and oxygen atoms in total. The Labute approximate surface area is 144 Å². The monoisotopic (exact) mass is 326 g/mol. The molecule has 0 bridgehead atoms. The molecule has 24 heavy (non-hydrogen) atoms. The molecule has 3 rings (SSSR count). The van der Waals surface area contributed by atoms with Gasteiger partial charge >= 0.3 is 0 Å². The van der Waals surface area contributed by atoms with Gasteiger partial charge in [-0.1, -0.05) is 24.6 Å². The van der Waals surface area contributed by atoms with Crippen molar-refractivity contribution in [1.82, 2.24) is 9.88 Å². The van der Waals surface area contributed by atoms with Gasteiger partial charge in [0.05, 0.1) is 12.3 Å². The van der Waals surface area contributed by atoms with Gasteiger partial charge in [-0.25, -0.2) is 0 Å². The molecule has 0 saturated carbocycles. The van der Waals surface area contributed by atoms with E-state index in [0.717, 1.165) is 24.4 Å². The van der Waals surface area contributed by atoms with E-state index in [-0.39, 0.29) is 12.6 Å². The van der Waals surface area contributed by atoms with Crippen molar-refractivity contribution in [2.24, 2.45) is 0 Å². The Morgan fingerprint density at radius 1 is 1.17 bits per heavy atom. The molecule has 1 fully saturated rings. The molecule has 1 aromatic heterocycles. The Morgan fingerprint density at radius 2 is 2.00 bits per heavy atom. The van der Waals surface area contributed by atoms with Crippen LogP contribution in [0.3, 0.4) is 0 Å². The minimum absolute atomic E-state index is 0.246. The number of aliphatic hydroxyl groups is 1. The van der Waals surface area contributed by atoms with Crippen molar-refractivity contribution < 1.29 is 9.84 Å². The van der Waals surface area contributed by atoms with Gasteiger partial charge in [0.1, 0.15) is 12.4 Å². The van der Waals surface area contributed by atoms with Gasteiger partial charge < -0.3 is 9.84 Å². The van der Waals surface area contributed by atoms with Crippen molar-refractivity contribution in [3.63, 3.8) is 0 Å². The summed E-state index contributed by atoms with van der Waals surface area (Å²) in [5, 5.41) is 9.61. The van der Waals surface area contributed by atoms with Gasteiger partial charge in [0, 0.05) is 24.8 Å². The maximum Gasteiger partial charge on any atom is 0.130 e. The third-order valence-electron chi connectivity index (χ3n) is 4.81. The van der Waals surface area contributed by atoms with Gasteiger partial charge in [0.15, 0.2) is 0 Å². The van der Waals surface area contributed by atoms with Crippen LogP contribution in [0.2, 0.25) is 0 Å².